The molecule has 0 aliphatic heterocycles. The molecule has 8 rings (SSSR count). The Morgan fingerprint density at radius 3 is 1.98 bits per heavy atom. The van der Waals surface area contributed by atoms with E-state index in [0.717, 1.165) is 22.3 Å². The van der Waals surface area contributed by atoms with Gasteiger partial charge in [0, 0.05) is 55.0 Å². The smallest absolute Gasteiger partial charge is 0.148 e. The van der Waals surface area contributed by atoms with Gasteiger partial charge in [0.1, 0.15) is 11.6 Å². The fraction of sp³-hybridized carbons (Fsp3) is 0.250. The number of phenols is 1. The SMILES string of the molecule is [2H]C([2H])([2H])c1ccc(-c2ccnc(-c3[c-]c(-c4cccc5c4nc(-c4cc(C(C)(C)C)cc(C)c4O)n5-c4ccc(C(C([2H])([2H])[2H])(C([2H])([2H])[2H])C([2H])([2H])[2H])cc4-c4ccccc4)cc(C(C)(C)C)c3)c2)cc1.[Pt]. The number of nitrogens with zero attached hydrogens (tertiary/aromatic N) is 3. The van der Waals surface area contributed by atoms with Crippen LogP contribution in [0.2, 0.25) is 0 Å². The van der Waals surface area contributed by atoms with Crippen LogP contribution in [0, 0.1) is 19.8 Å². The van der Waals surface area contributed by atoms with Gasteiger partial charge in [-0.15, -0.1) is 29.3 Å². The number of fused-ring (bicyclic) bond motifs is 1. The van der Waals surface area contributed by atoms with Crippen LogP contribution in [0.4, 0.5) is 0 Å². The number of para-hydroxylation sites is 1. The normalized spacial score (nSPS) is 15.9. The molecular weight excluding hydrogens is 926 g/mol. The maximum absolute atomic E-state index is 12.1. The van der Waals surface area contributed by atoms with E-state index in [0.29, 0.717) is 67.2 Å². The maximum Gasteiger partial charge on any atom is 0.148 e. The van der Waals surface area contributed by atoms with Crippen LogP contribution in [0.5, 0.6) is 5.75 Å². The quantitative estimate of drug-likeness (QED) is 0.169. The molecule has 0 bridgehead atoms. The van der Waals surface area contributed by atoms with Gasteiger partial charge >= 0.3 is 0 Å². The van der Waals surface area contributed by atoms with Gasteiger partial charge in [-0.25, -0.2) is 4.98 Å². The molecule has 1 N–H and O–H groups in total. The zero-order valence-electron chi connectivity index (χ0n) is 47.3. The molecule has 0 radical (unpaired) electrons. The van der Waals surface area contributed by atoms with Crippen molar-refractivity contribution in [1.29, 1.82) is 0 Å². The van der Waals surface area contributed by atoms with Crippen molar-refractivity contribution < 1.29 is 42.6 Å². The van der Waals surface area contributed by atoms with Crippen LogP contribution in [0.1, 0.15) is 106 Å². The van der Waals surface area contributed by atoms with Crippen LogP contribution in [0.3, 0.4) is 0 Å². The summed E-state index contributed by atoms with van der Waals surface area (Å²) in [6.07, 6.45) is 1.71. The third kappa shape index (κ3) is 8.66. The van der Waals surface area contributed by atoms with Crippen LogP contribution >= 0.6 is 0 Å². The molecular formula is C56H56N3OPt-. The number of rotatable bonds is 6. The van der Waals surface area contributed by atoms with Gasteiger partial charge in [-0.2, -0.15) is 0 Å². The topological polar surface area (TPSA) is 50.9 Å². The Kier molecular flexibility index (Phi) is 8.17. The first-order valence-electron chi connectivity index (χ1n) is 26.0. The van der Waals surface area contributed by atoms with Crippen LogP contribution < -0.4 is 0 Å². The summed E-state index contributed by atoms with van der Waals surface area (Å²) >= 11 is 0. The summed E-state index contributed by atoms with van der Waals surface area (Å²) in [5.74, 6) is 0.293. The summed E-state index contributed by atoms with van der Waals surface area (Å²) in [6.45, 7) is 1.62. The third-order valence-electron chi connectivity index (χ3n) is 11.1. The molecule has 0 spiro atoms. The molecule has 2 heterocycles. The molecule has 0 fully saturated rings. The van der Waals surface area contributed by atoms with Crippen molar-refractivity contribution in [3.63, 3.8) is 0 Å². The Balaban J connectivity index is 0.00000780. The fourth-order valence-electron chi connectivity index (χ4n) is 7.64. The molecule has 312 valence electrons. The van der Waals surface area contributed by atoms with Crippen molar-refractivity contribution >= 4 is 11.0 Å². The van der Waals surface area contributed by atoms with E-state index in [-0.39, 0.29) is 43.2 Å². The zero-order valence-corrected chi connectivity index (χ0v) is 37.6. The molecule has 0 aliphatic rings. The number of imidazole rings is 1. The first kappa shape index (κ1) is 30.5. The Morgan fingerprint density at radius 2 is 1.30 bits per heavy atom. The van der Waals surface area contributed by atoms with Gasteiger partial charge in [0.25, 0.3) is 0 Å². The van der Waals surface area contributed by atoms with E-state index < -0.39 is 38.4 Å². The van der Waals surface area contributed by atoms with E-state index in [1.54, 1.807) is 66.9 Å². The molecule has 0 amide bonds. The minimum Gasteiger partial charge on any atom is -0.507 e. The average molecular weight is 994 g/mol. The number of aromatic hydroxyl groups is 1. The van der Waals surface area contributed by atoms with E-state index >= 15 is 0 Å². The second-order valence-corrected chi connectivity index (χ2v) is 17.7. The molecule has 8 aromatic rings. The van der Waals surface area contributed by atoms with E-state index in [1.165, 1.54) is 12.1 Å². The predicted molar refractivity (Wildman–Crippen MR) is 252 cm³/mol. The average Bonchev–Trinajstić information content (AvgIpc) is 3.67. The van der Waals surface area contributed by atoms with Gasteiger partial charge in [0.05, 0.1) is 22.3 Å². The van der Waals surface area contributed by atoms with Gasteiger partial charge in [0.2, 0.25) is 0 Å². The van der Waals surface area contributed by atoms with Gasteiger partial charge < -0.3 is 5.11 Å². The fourth-order valence-corrected chi connectivity index (χ4v) is 7.64. The molecule has 0 aliphatic carbocycles. The zero-order chi connectivity index (χ0) is 52.7. The third-order valence-corrected chi connectivity index (χ3v) is 11.1. The Bertz CT molecular complexity index is 3300. The van der Waals surface area contributed by atoms with E-state index in [1.807, 2.05) is 54.0 Å². The molecule has 5 heteroatoms. The van der Waals surface area contributed by atoms with E-state index in [9.17, 15) is 5.11 Å². The number of hydrogen-bond donors (Lipinski definition) is 1. The predicted octanol–water partition coefficient (Wildman–Crippen LogP) is 14.8. The summed E-state index contributed by atoms with van der Waals surface area (Å²) in [6, 6.07) is 41.0. The second-order valence-electron chi connectivity index (χ2n) is 17.7. The Hall–Kier alpha value is -5.57. The van der Waals surface area contributed by atoms with E-state index in [4.69, 9.17) is 26.4 Å². The second kappa shape index (κ2) is 16.4. The molecule has 4 nitrogen and oxygen atoms in total. The number of pyridine rings is 1. The maximum atomic E-state index is 12.1. The van der Waals surface area contributed by atoms with Gasteiger partial charge in [-0.1, -0.05) is 164 Å². The first-order chi connectivity index (χ1) is 33.3. The van der Waals surface area contributed by atoms with Crippen molar-refractivity contribution in [3.8, 4) is 67.5 Å². The molecule has 0 saturated heterocycles. The van der Waals surface area contributed by atoms with Crippen molar-refractivity contribution in [3.05, 3.63) is 167 Å². The Labute approximate surface area is 393 Å². The molecule has 6 aromatic carbocycles. The largest absolute Gasteiger partial charge is 0.507 e. The number of phenolic OH excluding ortho intramolecular Hbond substituents is 1. The van der Waals surface area contributed by atoms with Gasteiger partial charge in [-0.05, 0) is 93.7 Å². The first-order valence-corrected chi connectivity index (χ1v) is 20.0. The molecule has 2 aromatic heterocycles. The molecule has 0 unspecified atom stereocenters. The van der Waals surface area contributed by atoms with Crippen molar-refractivity contribution in [2.24, 2.45) is 0 Å². The van der Waals surface area contributed by atoms with Crippen molar-refractivity contribution in [2.75, 3.05) is 0 Å². The monoisotopic (exact) mass is 993 g/mol. The van der Waals surface area contributed by atoms with Crippen molar-refractivity contribution in [1.82, 2.24) is 14.5 Å². The Morgan fingerprint density at radius 1 is 0.607 bits per heavy atom. The van der Waals surface area contributed by atoms with Crippen LogP contribution in [0.15, 0.2) is 134 Å². The number of hydrogen-bond acceptors (Lipinski definition) is 3. The van der Waals surface area contributed by atoms with Crippen LogP contribution in [0.25, 0.3) is 72.7 Å². The van der Waals surface area contributed by atoms with Crippen LogP contribution in [-0.4, -0.2) is 19.6 Å². The molecule has 61 heavy (non-hydrogen) atoms. The van der Waals surface area contributed by atoms with Gasteiger partial charge in [0.15, 0.2) is 0 Å². The number of aromatic nitrogens is 3. The molecule has 0 saturated carbocycles. The number of aryl methyl sites for hydroxylation is 2. The molecule has 0 atom stereocenters. The summed E-state index contributed by atoms with van der Waals surface area (Å²) < 4.78 is 103. The van der Waals surface area contributed by atoms with Gasteiger partial charge in [-0.3, -0.25) is 9.55 Å². The summed E-state index contributed by atoms with van der Waals surface area (Å²) in [7, 11) is 0. The standard InChI is InChI=1S/C56H56N3O.Pt/c1-35-20-22-37(23-21-35)39-26-27-57-48(32-39)41-29-40(30-44(31-41)56(9,10)11)45-18-15-19-50-51(45)58-53(47-34-43(55(6,7)8)28-36(2)52(47)60)59(50)49-25-24-42(54(3,4)5)33-46(49)38-16-13-12-14-17-38;/h12-28,30-34,60H,1-11H3;/q-1;/i1D3,3D3,4D3,5D3;. The minimum atomic E-state index is -3.50. The summed E-state index contributed by atoms with van der Waals surface area (Å²) in [5, 5.41) is 12.1. The van der Waals surface area contributed by atoms with E-state index in [2.05, 4.69) is 59.7 Å². The summed E-state index contributed by atoms with van der Waals surface area (Å²) in [5.41, 5.74) is 5.46. The van der Waals surface area contributed by atoms with Crippen molar-refractivity contribution in [2.45, 2.75) is 92.1 Å². The number of benzene rings is 6. The summed E-state index contributed by atoms with van der Waals surface area (Å²) in [4.78, 5) is 10.2. The van der Waals surface area contributed by atoms with Crippen LogP contribution in [-0.2, 0) is 37.3 Å². The minimum absolute atomic E-state index is 0.